The Morgan fingerprint density at radius 2 is 2.12 bits per heavy atom. The first-order valence-corrected chi connectivity index (χ1v) is 4.84. The van der Waals surface area contributed by atoms with E-state index >= 15 is 0 Å². The van der Waals surface area contributed by atoms with E-state index in [2.05, 4.69) is 20.6 Å². The van der Waals surface area contributed by atoms with Crippen molar-refractivity contribution in [3.63, 3.8) is 0 Å². The Morgan fingerprint density at radius 3 is 2.69 bits per heavy atom. The van der Waals surface area contributed by atoms with E-state index in [9.17, 15) is 4.79 Å². The van der Waals surface area contributed by atoms with Crippen LogP contribution >= 0.6 is 0 Å². The first kappa shape index (κ1) is 10.3. The van der Waals surface area contributed by atoms with Gasteiger partial charge in [0.1, 0.15) is 5.75 Å². The second kappa shape index (κ2) is 4.52. The molecule has 1 aromatic heterocycles. The number of nitrogens with one attached hydrogen (secondary N) is 1. The summed E-state index contributed by atoms with van der Waals surface area (Å²) in [6, 6.07) is 6.92. The van der Waals surface area contributed by atoms with E-state index in [1.165, 1.54) is 0 Å². The smallest absolute Gasteiger partial charge is 0.310 e. The van der Waals surface area contributed by atoms with E-state index in [-0.39, 0.29) is 5.97 Å². The third-order valence-electron chi connectivity index (χ3n) is 1.98. The summed E-state index contributed by atoms with van der Waals surface area (Å²) in [6.45, 7) is 1.75. The summed E-state index contributed by atoms with van der Waals surface area (Å²) < 4.78 is 5.03. The zero-order valence-electron chi connectivity index (χ0n) is 8.67. The van der Waals surface area contributed by atoms with Crippen molar-refractivity contribution in [2.45, 2.75) is 13.3 Å². The molecule has 0 bridgehead atoms. The lowest BCUT2D eigenvalue weighted by molar-refractivity contribution is -0.134. The van der Waals surface area contributed by atoms with Crippen LogP contribution in [0.4, 0.5) is 0 Å². The summed E-state index contributed by atoms with van der Waals surface area (Å²) >= 11 is 0. The van der Waals surface area contributed by atoms with Gasteiger partial charge in [-0.3, -0.25) is 4.79 Å². The molecule has 6 nitrogen and oxygen atoms in total. The van der Waals surface area contributed by atoms with E-state index in [1.54, 1.807) is 31.2 Å². The molecule has 0 amide bonds. The predicted molar refractivity (Wildman–Crippen MR) is 55.5 cm³/mol. The number of tetrazole rings is 1. The summed E-state index contributed by atoms with van der Waals surface area (Å²) in [4.78, 5) is 11.0. The first-order chi connectivity index (χ1) is 7.79. The molecule has 1 aromatic carbocycles. The Morgan fingerprint density at radius 1 is 1.38 bits per heavy atom. The Hall–Kier alpha value is -2.24. The highest BCUT2D eigenvalue weighted by Gasteiger charge is 2.04. The molecule has 0 aliphatic rings. The summed E-state index contributed by atoms with van der Waals surface area (Å²) in [5.74, 6) is 0.764. The highest BCUT2D eigenvalue weighted by Crippen LogP contribution is 2.18. The third-order valence-corrected chi connectivity index (χ3v) is 1.98. The molecule has 0 aliphatic carbocycles. The number of benzene rings is 1. The average molecular weight is 218 g/mol. The minimum atomic E-state index is -0.257. The van der Waals surface area contributed by atoms with Gasteiger partial charge in [-0.1, -0.05) is 6.92 Å². The topological polar surface area (TPSA) is 80.8 Å². The van der Waals surface area contributed by atoms with Gasteiger partial charge in [-0.15, -0.1) is 10.2 Å². The zero-order valence-corrected chi connectivity index (χ0v) is 8.67. The van der Waals surface area contributed by atoms with Crippen LogP contribution in [-0.4, -0.2) is 26.6 Å². The largest absolute Gasteiger partial charge is 0.427 e. The molecular weight excluding hydrogens is 208 g/mol. The standard InChI is InChI=1S/C10H10N4O2/c1-2-9(15)16-8-5-3-7(4-6-8)10-11-13-14-12-10/h3-6H,2H2,1H3,(H,11,12,13,14). The quantitative estimate of drug-likeness (QED) is 0.618. The Bertz CT molecular complexity index is 464. The number of nitrogens with zero attached hydrogens (tertiary/aromatic N) is 3. The van der Waals surface area contributed by atoms with Gasteiger partial charge in [0.25, 0.3) is 0 Å². The molecule has 1 N–H and O–H groups in total. The van der Waals surface area contributed by atoms with Gasteiger partial charge in [0.05, 0.1) is 0 Å². The summed E-state index contributed by atoms with van der Waals surface area (Å²) in [7, 11) is 0. The molecule has 0 saturated carbocycles. The minimum absolute atomic E-state index is 0.257. The van der Waals surface area contributed by atoms with Crippen molar-refractivity contribution in [1.29, 1.82) is 0 Å². The molecule has 0 spiro atoms. The Kier molecular flexibility index (Phi) is 2.90. The second-order valence-corrected chi connectivity index (χ2v) is 3.09. The van der Waals surface area contributed by atoms with Crippen molar-refractivity contribution >= 4 is 5.97 Å². The zero-order chi connectivity index (χ0) is 11.4. The number of ether oxygens (including phenoxy) is 1. The van der Waals surface area contributed by atoms with Gasteiger partial charge in [-0.2, -0.15) is 5.21 Å². The number of carbonyl (C=O) groups is 1. The van der Waals surface area contributed by atoms with Crippen molar-refractivity contribution < 1.29 is 9.53 Å². The maximum Gasteiger partial charge on any atom is 0.310 e. The highest BCUT2D eigenvalue weighted by atomic mass is 16.5. The van der Waals surface area contributed by atoms with Crippen molar-refractivity contribution in [2.75, 3.05) is 0 Å². The molecule has 0 saturated heterocycles. The van der Waals surface area contributed by atoms with E-state index < -0.39 is 0 Å². The number of rotatable bonds is 3. The van der Waals surface area contributed by atoms with Gasteiger partial charge in [0.15, 0.2) is 0 Å². The van der Waals surface area contributed by atoms with E-state index in [0.29, 0.717) is 18.0 Å². The maximum absolute atomic E-state index is 11.0. The van der Waals surface area contributed by atoms with Gasteiger partial charge < -0.3 is 4.74 Å². The third kappa shape index (κ3) is 2.22. The lowest BCUT2D eigenvalue weighted by Crippen LogP contribution is -2.05. The fraction of sp³-hybridized carbons (Fsp3) is 0.200. The average Bonchev–Trinajstić information content (AvgIpc) is 2.83. The fourth-order valence-electron chi connectivity index (χ4n) is 1.16. The summed E-state index contributed by atoms with van der Waals surface area (Å²) in [5.41, 5.74) is 0.810. The lowest BCUT2D eigenvalue weighted by Gasteiger charge is -2.02. The summed E-state index contributed by atoms with van der Waals surface area (Å²) in [5, 5.41) is 13.5. The van der Waals surface area contributed by atoms with Crippen LogP contribution in [0.25, 0.3) is 11.4 Å². The van der Waals surface area contributed by atoms with Gasteiger partial charge in [-0.25, -0.2) is 0 Å². The second-order valence-electron chi connectivity index (χ2n) is 3.09. The van der Waals surface area contributed by atoms with Crippen molar-refractivity contribution in [3.8, 4) is 17.1 Å². The number of H-pyrrole nitrogens is 1. The fourth-order valence-corrected chi connectivity index (χ4v) is 1.16. The SMILES string of the molecule is CCC(=O)Oc1ccc(-c2nn[nH]n2)cc1. The maximum atomic E-state index is 11.0. The highest BCUT2D eigenvalue weighted by molar-refractivity contribution is 5.72. The van der Waals surface area contributed by atoms with Crippen LogP contribution in [0.1, 0.15) is 13.3 Å². The van der Waals surface area contributed by atoms with Crippen LogP contribution in [0, 0.1) is 0 Å². The molecule has 2 rings (SSSR count). The molecule has 2 aromatic rings. The lowest BCUT2D eigenvalue weighted by atomic mass is 10.2. The number of hydrogen-bond donors (Lipinski definition) is 1. The van der Waals surface area contributed by atoms with Crippen LogP contribution < -0.4 is 4.74 Å². The number of aromatic amines is 1. The van der Waals surface area contributed by atoms with Gasteiger partial charge >= 0.3 is 5.97 Å². The molecule has 6 heteroatoms. The van der Waals surface area contributed by atoms with E-state index in [0.717, 1.165) is 5.56 Å². The normalized spacial score (nSPS) is 10.1. The number of hydrogen-bond acceptors (Lipinski definition) is 5. The molecular formula is C10H10N4O2. The van der Waals surface area contributed by atoms with Crippen LogP contribution in [-0.2, 0) is 4.79 Å². The predicted octanol–water partition coefficient (Wildman–Crippen LogP) is 1.18. The molecule has 0 aliphatic heterocycles. The van der Waals surface area contributed by atoms with Crippen LogP contribution in [0.5, 0.6) is 5.75 Å². The summed E-state index contributed by atoms with van der Waals surface area (Å²) in [6.07, 6.45) is 0.354. The van der Waals surface area contributed by atoms with E-state index in [1.807, 2.05) is 0 Å². The number of aromatic nitrogens is 4. The van der Waals surface area contributed by atoms with E-state index in [4.69, 9.17) is 4.74 Å². The van der Waals surface area contributed by atoms with Gasteiger partial charge in [0, 0.05) is 12.0 Å². The molecule has 82 valence electrons. The Balaban J connectivity index is 2.14. The van der Waals surface area contributed by atoms with Crippen LogP contribution in [0.2, 0.25) is 0 Å². The van der Waals surface area contributed by atoms with Crippen molar-refractivity contribution in [3.05, 3.63) is 24.3 Å². The van der Waals surface area contributed by atoms with Gasteiger partial charge in [-0.05, 0) is 29.5 Å². The molecule has 16 heavy (non-hydrogen) atoms. The van der Waals surface area contributed by atoms with Crippen molar-refractivity contribution in [2.24, 2.45) is 0 Å². The minimum Gasteiger partial charge on any atom is -0.427 e. The van der Waals surface area contributed by atoms with Crippen LogP contribution in [0.3, 0.4) is 0 Å². The molecule has 0 radical (unpaired) electrons. The monoisotopic (exact) mass is 218 g/mol. The number of carbonyl (C=O) groups excluding carboxylic acids is 1. The van der Waals surface area contributed by atoms with Crippen molar-refractivity contribution in [1.82, 2.24) is 20.6 Å². The van der Waals surface area contributed by atoms with Crippen LogP contribution in [0.15, 0.2) is 24.3 Å². The molecule has 0 atom stereocenters. The number of esters is 1. The molecule has 1 heterocycles. The molecule has 0 unspecified atom stereocenters. The molecule has 0 fully saturated rings. The van der Waals surface area contributed by atoms with Gasteiger partial charge in [0.2, 0.25) is 5.82 Å². The Labute approximate surface area is 91.6 Å². The first-order valence-electron chi connectivity index (χ1n) is 4.84.